The fourth-order valence-electron chi connectivity index (χ4n) is 6.94. The van der Waals surface area contributed by atoms with Crippen molar-refractivity contribution < 1.29 is 29.0 Å². The van der Waals surface area contributed by atoms with Crippen LogP contribution >= 0.6 is 11.8 Å². The Kier molecular flexibility index (Phi) is 8.08. The minimum absolute atomic E-state index is 0.190. The smallest absolute Gasteiger partial charge is 0.311 e. The summed E-state index contributed by atoms with van der Waals surface area (Å²) in [4.78, 5) is 46.2. The van der Waals surface area contributed by atoms with Gasteiger partial charge in [0, 0.05) is 17.0 Å². The van der Waals surface area contributed by atoms with Gasteiger partial charge in [-0.2, -0.15) is 0 Å². The lowest BCUT2D eigenvalue weighted by atomic mass is 9.74. The SMILES string of the molecule is COc1ccc(N2CC=C[C@]34S[C@@]5(C)/C=C\CCCCOC(=O)[C@H]5[C@H]3C(=O)N([C@@H](CO)CC(C)C)C4C2=O)cc1. The number of carbonyl (C=O) groups is 3. The second-order valence-electron chi connectivity index (χ2n) is 11.8. The van der Waals surface area contributed by atoms with Crippen molar-refractivity contribution in [1.82, 2.24) is 4.90 Å². The van der Waals surface area contributed by atoms with Gasteiger partial charge in [-0.15, -0.1) is 11.8 Å². The van der Waals surface area contributed by atoms with Crippen LogP contribution in [0.1, 0.15) is 46.5 Å². The molecule has 2 amide bonds. The molecule has 1 aromatic carbocycles. The molecular formula is C31H40N2O6S. The Bertz CT molecular complexity index is 1200. The summed E-state index contributed by atoms with van der Waals surface area (Å²) in [6.45, 7) is 6.44. The molecule has 1 N–H and O–H groups in total. The molecule has 0 aliphatic carbocycles. The number of esters is 1. The number of ether oxygens (including phenoxy) is 2. The average molecular weight is 569 g/mol. The Balaban J connectivity index is 1.66. The van der Waals surface area contributed by atoms with Crippen molar-refractivity contribution in [3.8, 4) is 5.75 Å². The Morgan fingerprint density at radius 1 is 1.07 bits per heavy atom. The summed E-state index contributed by atoms with van der Waals surface area (Å²) < 4.78 is 9.34. The minimum Gasteiger partial charge on any atom is -0.497 e. The maximum absolute atomic E-state index is 14.7. The van der Waals surface area contributed by atoms with Crippen LogP contribution in [0.4, 0.5) is 5.69 Å². The zero-order valence-corrected chi connectivity index (χ0v) is 24.6. The zero-order valence-electron chi connectivity index (χ0n) is 23.7. The number of benzene rings is 1. The maximum atomic E-state index is 14.7. The largest absolute Gasteiger partial charge is 0.497 e. The van der Waals surface area contributed by atoms with Gasteiger partial charge in [0.1, 0.15) is 11.8 Å². The van der Waals surface area contributed by atoms with Crippen molar-refractivity contribution >= 4 is 35.2 Å². The second kappa shape index (κ2) is 11.2. The van der Waals surface area contributed by atoms with Crippen LogP contribution < -0.4 is 9.64 Å². The maximum Gasteiger partial charge on any atom is 0.311 e. The predicted octanol–water partition coefficient (Wildman–Crippen LogP) is 3.98. The second-order valence-corrected chi connectivity index (χ2v) is 13.6. The summed E-state index contributed by atoms with van der Waals surface area (Å²) in [6, 6.07) is 5.85. The van der Waals surface area contributed by atoms with Crippen LogP contribution in [0.2, 0.25) is 0 Å². The molecule has 0 saturated carbocycles. The van der Waals surface area contributed by atoms with Crippen LogP contribution in [0.25, 0.3) is 0 Å². The number of hydrogen-bond acceptors (Lipinski definition) is 7. The predicted molar refractivity (Wildman–Crippen MR) is 155 cm³/mol. The van der Waals surface area contributed by atoms with E-state index >= 15 is 0 Å². The van der Waals surface area contributed by atoms with E-state index in [0.717, 1.165) is 19.3 Å². The molecule has 8 nitrogen and oxygen atoms in total. The van der Waals surface area contributed by atoms with Crippen molar-refractivity contribution in [3.63, 3.8) is 0 Å². The van der Waals surface area contributed by atoms with E-state index in [2.05, 4.69) is 12.2 Å². The average Bonchev–Trinajstić information content (AvgIpc) is 3.26. The summed E-state index contributed by atoms with van der Waals surface area (Å²) >= 11 is 1.53. The van der Waals surface area contributed by atoms with Crippen LogP contribution in [-0.2, 0) is 19.1 Å². The van der Waals surface area contributed by atoms with Crippen molar-refractivity contribution in [2.24, 2.45) is 17.8 Å². The minimum atomic E-state index is -0.989. The van der Waals surface area contributed by atoms with Crippen LogP contribution in [0.5, 0.6) is 5.75 Å². The highest BCUT2D eigenvalue weighted by molar-refractivity contribution is 8.02. The highest BCUT2D eigenvalue weighted by atomic mass is 32.2. The van der Waals surface area contributed by atoms with E-state index in [1.54, 1.807) is 16.9 Å². The molecule has 40 heavy (non-hydrogen) atoms. The van der Waals surface area contributed by atoms with E-state index in [-0.39, 0.29) is 30.3 Å². The number of methoxy groups -OCH3 is 1. The molecule has 1 spiro atoms. The number of carbonyl (C=O) groups excluding carboxylic acids is 3. The molecule has 9 heteroatoms. The van der Waals surface area contributed by atoms with Crippen LogP contribution in [0.15, 0.2) is 48.6 Å². The quantitative estimate of drug-likeness (QED) is 0.410. The fourth-order valence-corrected chi connectivity index (χ4v) is 9.08. The normalized spacial score (nSPS) is 33.6. The third kappa shape index (κ3) is 4.75. The third-order valence-electron chi connectivity index (χ3n) is 8.67. The first-order valence-electron chi connectivity index (χ1n) is 14.3. The number of aliphatic hydroxyl groups excluding tert-OH is 1. The Morgan fingerprint density at radius 3 is 2.50 bits per heavy atom. The van der Waals surface area contributed by atoms with Gasteiger partial charge in [-0.05, 0) is 62.8 Å². The van der Waals surface area contributed by atoms with Gasteiger partial charge < -0.3 is 24.4 Å². The number of anilines is 1. The summed E-state index contributed by atoms with van der Waals surface area (Å²) in [6.07, 6.45) is 11.2. The van der Waals surface area contributed by atoms with Crippen molar-refractivity contribution in [2.75, 3.05) is 31.8 Å². The number of cyclic esters (lactones) is 1. The van der Waals surface area contributed by atoms with E-state index in [9.17, 15) is 19.5 Å². The highest BCUT2D eigenvalue weighted by Gasteiger charge is 2.74. The first kappa shape index (κ1) is 28.7. The molecule has 2 saturated heterocycles. The van der Waals surface area contributed by atoms with E-state index in [0.29, 0.717) is 31.0 Å². The molecule has 4 heterocycles. The van der Waals surface area contributed by atoms with E-state index < -0.39 is 33.4 Å². The molecule has 216 valence electrons. The van der Waals surface area contributed by atoms with Gasteiger partial charge in [0.05, 0.1) is 42.9 Å². The van der Waals surface area contributed by atoms with Crippen LogP contribution in [0.3, 0.4) is 0 Å². The lowest BCUT2D eigenvalue weighted by Gasteiger charge is -2.40. The molecule has 1 unspecified atom stereocenters. The lowest BCUT2D eigenvalue weighted by Crippen LogP contribution is -2.57. The van der Waals surface area contributed by atoms with E-state index in [1.165, 1.54) is 11.8 Å². The Hall–Kier alpha value is -2.78. The summed E-state index contributed by atoms with van der Waals surface area (Å²) in [5.41, 5.74) is 0.695. The van der Waals surface area contributed by atoms with Gasteiger partial charge in [-0.25, -0.2) is 0 Å². The van der Waals surface area contributed by atoms with Gasteiger partial charge in [-0.1, -0.05) is 38.2 Å². The monoisotopic (exact) mass is 568 g/mol. The molecule has 0 bridgehead atoms. The number of aliphatic hydroxyl groups is 1. The molecule has 2 fully saturated rings. The summed E-state index contributed by atoms with van der Waals surface area (Å²) in [5, 5.41) is 10.5. The molecular weight excluding hydrogens is 528 g/mol. The molecule has 1 aromatic rings. The fraction of sp³-hybridized carbons (Fsp3) is 0.581. The van der Waals surface area contributed by atoms with Crippen molar-refractivity contribution in [1.29, 1.82) is 0 Å². The van der Waals surface area contributed by atoms with Gasteiger partial charge in [0.15, 0.2) is 0 Å². The molecule has 0 aromatic heterocycles. The van der Waals surface area contributed by atoms with Gasteiger partial charge in [0.25, 0.3) is 5.91 Å². The zero-order chi connectivity index (χ0) is 28.7. The number of likely N-dealkylation sites (tertiary alicyclic amines) is 1. The Labute approximate surface area is 240 Å². The van der Waals surface area contributed by atoms with E-state index in [1.807, 2.05) is 57.2 Å². The lowest BCUT2D eigenvalue weighted by molar-refractivity contribution is -0.154. The Morgan fingerprint density at radius 2 is 1.82 bits per heavy atom. The molecule has 4 aliphatic rings. The van der Waals surface area contributed by atoms with Gasteiger partial charge in [-0.3, -0.25) is 14.4 Å². The standard InChI is InChI=1S/C31H40N2O6S/c1-20(2)18-22(19-34)33-26-28(36)32(21-10-12-23(38-4)13-11-21)16-9-15-31(26)24(27(33)35)25-29(37)39-17-8-6-5-7-14-30(25,3)40-31/h7,9-15,20,22,24-26,34H,5-6,8,16-19H2,1-4H3/b14-7-/t22-,24+,25-,26?,30+,31+/m1/s1. The number of fused-ring (bicyclic) bond motifs is 2. The number of hydrogen-bond donors (Lipinski definition) is 1. The molecule has 5 rings (SSSR count). The van der Waals surface area contributed by atoms with Crippen molar-refractivity contribution in [2.45, 2.75) is 68.0 Å². The molecule has 6 atom stereocenters. The molecule has 0 radical (unpaired) electrons. The van der Waals surface area contributed by atoms with Crippen LogP contribution in [0, 0.1) is 17.8 Å². The summed E-state index contributed by atoms with van der Waals surface area (Å²) in [5.74, 6) is -1.54. The van der Waals surface area contributed by atoms with E-state index in [4.69, 9.17) is 9.47 Å². The van der Waals surface area contributed by atoms with Crippen LogP contribution in [-0.4, -0.2) is 76.2 Å². The topological polar surface area (TPSA) is 96.4 Å². The highest BCUT2D eigenvalue weighted by Crippen LogP contribution is 2.65. The first-order valence-corrected chi connectivity index (χ1v) is 15.1. The molecule has 4 aliphatic heterocycles. The van der Waals surface area contributed by atoms with Crippen molar-refractivity contribution in [3.05, 3.63) is 48.6 Å². The van der Waals surface area contributed by atoms with Gasteiger partial charge >= 0.3 is 5.97 Å². The number of nitrogens with zero attached hydrogens (tertiary/aromatic N) is 2. The summed E-state index contributed by atoms with van der Waals surface area (Å²) in [7, 11) is 1.59. The third-order valence-corrected chi connectivity index (χ3v) is 10.5. The number of amides is 2. The van der Waals surface area contributed by atoms with Gasteiger partial charge in [0.2, 0.25) is 5.91 Å². The number of rotatable bonds is 6. The first-order chi connectivity index (χ1) is 19.2. The number of thioether (sulfide) groups is 1. The number of allylic oxidation sites excluding steroid dienone is 1.